The van der Waals surface area contributed by atoms with E-state index in [4.69, 9.17) is 0 Å². The van der Waals surface area contributed by atoms with Crippen molar-refractivity contribution < 1.29 is 9.18 Å². The fraction of sp³-hybridized carbons (Fsp3) is 0.368. The number of rotatable bonds is 4. The Hall–Kier alpha value is -2.61. The molecule has 1 aromatic carbocycles. The molecule has 140 valence electrons. The molecule has 1 N–H and O–H groups in total. The first kappa shape index (κ1) is 17.8. The zero-order chi connectivity index (χ0) is 18.8. The Bertz CT molecular complexity index is 976. The Kier molecular flexibility index (Phi) is 4.98. The van der Waals surface area contributed by atoms with Gasteiger partial charge in [0.2, 0.25) is 11.0 Å². The second kappa shape index (κ2) is 7.56. The molecule has 2 aromatic heterocycles. The number of nitrogens with one attached hydrogen (secondary N) is 1. The van der Waals surface area contributed by atoms with E-state index in [1.165, 1.54) is 23.5 Å². The van der Waals surface area contributed by atoms with E-state index in [0.29, 0.717) is 11.7 Å². The zero-order valence-corrected chi connectivity index (χ0v) is 15.8. The van der Waals surface area contributed by atoms with Crippen LogP contribution in [0.25, 0.3) is 10.9 Å². The molecule has 0 saturated carbocycles. The second-order valence-corrected chi connectivity index (χ2v) is 7.68. The molecule has 1 atom stereocenters. The Balaban J connectivity index is 1.53. The van der Waals surface area contributed by atoms with Gasteiger partial charge in [0.25, 0.3) is 0 Å². The number of halogens is 1. The molecule has 0 aliphatic carbocycles. The van der Waals surface area contributed by atoms with E-state index in [1.807, 2.05) is 13.0 Å². The summed E-state index contributed by atoms with van der Waals surface area (Å²) in [5, 5.41) is 13.2. The van der Waals surface area contributed by atoms with E-state index in [-0.39, 0.29) is 17.6 Å². The van der Waals surface area contributed by atoms with Gasteiger partial charge in [-0.3, -0.25) is 9.78 Å². The summed E-state index contributed by atoms with van der Waals surface area (Å²) in [6.45, 7) is 3.42. The first-order valence-corrected chi connectivity index (χ1v) is 9.88. The first-order valence-electron chi connectivity index (χ1n) is 9.06. The van der Waals surface area contributed by atoms with Crippen LogP contribution in [0.1, 0.15) is 24.8 Å². The van der Waals surface area contributed by atoms with Gasteiger partial charge in [-0.2, -0.15) is 0 Å². The molecule has 3 aromatic rings. The number of piperidine rings is 1. The number of carbonyl (C=O) groups is 1. The first-order chi connectivity index (χ1) is 13.1. The van der Waals surface area contributed by atoms with Crippen molar-refractivity contribution in [3.05, 3.63) is 41.3 Å². The van der Waals surface area contributed by atoms with Gasteiger partial charge < -0.3 is 10.2 Å². The minimum absolute atomic E-state index is 0.0388. The molecule has 0 radical (unpaired) electrons. The number of hydrogen-bond donors (Lipinski definition) is 1. The number of pyridine rings is 1. The van der Waals surface area contributed by atoms with E-state index in [2.05, 4.69) is 25.4 Å². The molecule has 1 saturated heterocycles. The highest BCUT2D eigenvalue weighted by Gasteiger charge is 2.27. The fourth-order valence-corrected chi connectivity index (χ4v) is 4.13. The molecular weight excluding hydrogens is 365 g/mol. The van der Waals surface area contributed by atoms with Crippen molar-refractivity contribution in [1.29, 1.82) is 0 Å². The van der Waals surface area contributed by atoms with Crippen LogP contribution in [0.2, 0.25) is 0 Å². The van der Waals surface area contributed by atoms with Crippen molar-refractivity contribution >= 4 is 39.0 Å². The molecule has 0 bridgehead atoms. The number of hydrogen-bond acceptors (Lipinski definition) is 6. The largest absolute Gasteiger partial charge is 0.370 e. The van der Waals surface area contributed by atoms with Gasteiger partial charge in [0.1, 0.15) is 10.8 Å². The molecule has 1 amide bonds. The van der Waals surface area contributed by atoms with Gasteiger partial charge in [0.15, 0.2) is 0 Å². The van der Waals surface area contributed by atoms with Crippen LogP contribution in [0.3, 0.4) is 0 Å². The van der Waals surface area contributed by atoms with Gasteiger partial charge in [0, 0.05) is 30.4 Å². The molecular formula is C19H20FN5OS. The maximum Gasteiger partial charge on any atom is 0.231 e. The lowest BCUT2D eigenvalue weighted by Gasteiger charge is -2.34. The molecule has 1 aliphatic heterocycles. The van der Waals surface area contributed by atoms with E-state index in [0.717, 1.165) is 47.4 Å². The maximum absolute atomic E-state index is 13.7. The minimum Gasteiger partial charge on any atom is -0.370 e. The van der Waals surface area contributed by atoms with Crippen LogP contribution in [0, 0.1) is 11.7 Å². The average Bonchev–Trinajstić information content (AvgIpc) is 3.15. The SMILES string of the molecule is CCc1nnc(NC(=O)C2CCCN(c3ccnc4ccc(F)cc34)C2)s1. The summed E-state index contributed by atoms with van der Waals surface area (Å²) in [4.78, 5) is 19.1. The van der Waals surface area contributed by atoms with Crippen LogP contribution in [-0.4, -0.2) is 34.2 Å². The van der Waals surface area contributed by atoms with Crippen LogP contribution in [-0.2, 0) is 11.2 Å². The van der Waals surface area contributed by atoms with Crippen molar-refractivity contribution in [3.8, 4) is 0 Å². The molecule has 0 spiro atoms. The minimum atomic E-state index is -0.286. The Morgan fingerprint density at radius 3 is 3.07 bits per heavy atom. The summed E-state index contributed by atoms with van der Waals surface area (Å²) >= 11 is 1.41. The Labute approximate surface area is 160 Å². The highest BCUT2D eigenvalue weighted by molar-refractivity contribution is 7.15. The monoisotopic (exact) mass is 385 g/mol. The van der Waals surface area contributed by atoms with E-state index in [1.54, 1.807) is 12.3 Å². The predicted octanol–water partition coefficient (Wildman–Crippen LogP) is 3.64. The number of fused-ring (bicyclic) bond motifs is 1. The molecule has 8 heteroatoms. The van der Waals surface area contributed by atoms with E-state index < -0.39 is 0 Å². The fourth-order valence-electron chi connectivity index (χ4n) is 3.44. The summed E-state index contributed by atoms with van der Waals surface area (Å²) in [5.74, 6) is -0.474. The van der Waals surface area contributed by atoms with Gasteiger partial charge in [0.05, 0.1) is 11.4 Å². The number of carbonyl (C=O) groups excluding carboxylic acids is 1. The van der Waals surface area contributed by atoms with E-state index in [9.17, 15) is 9.18 Å². The Morgan fingerprint density at radius 1 is 1.37 bits per heavy atom. The van der Waals surface area contributed by atoms with Gasteiger partial charge >= 0.3 is 0 Å². The van der Waals surface area contributed by atoms with Crippen molar-refractivity contribution in [3.63, 3.8) is 0 Å². The standard InChI is InChI=1S/C19H20FN5OS/c1-2-17-23-24-19(27-17)22-18(26)12-4-3-9-25(11-12)16-7-8-21-15-6-5-13(20)10-14(15)16/h5-8,10,12H,2-4,9,11H2,1H3,(H,22,24,26). The van der Waals surface area contributed by atoms with Crippen LogP contribution in [0.5, 0.6) is 0 Å². The summed E-state index contributed by atoms with van der Waals surface area (Å²) in [5.41, 5.74) is 1.67. The number of benzene rings is 1. The quantitative estimate of drug-likeness (QED) is 0.742. The number of amides is 1. The number of aryl methyl sites for hydroxylation is 1. The lowest BCUT2D eigenvalue weighted by molar-refractivity contribution is -0.120. The van der Waals surface area contributed by atoms with E-state index >= 15 is 0 Å². The smallest absolute Gasteiger partial charge is 0.231 e. The normalized spacial score (nSPS) is 17.3. The second-order valence-electron chi connectivity index (χ2n) is 6.62. The zero-order valence-electron chi connectivity index (χ0n) is 15.0. The molecule has 1 fully saturated rings. The molecule has 27 heavy (non-hydrogen) atoms. The molecule has 6 nitrogen and oxygen atoms in total. The molecule has 4 rings (SSSR count). The van der Waals surface area contributed by atoms with Crippen molar-refractivity contribution in [2.24, 2.45) is 5.92 Å². The third kappa shape index (κ3) is 3.75. The van der Waals surface area contributed by atoms with Gasteiger partial charge in [-0.1, -0.05) is 18.3 Å². The van der Waals surface area contributed by atoms with Crippen molar-refractivity contribution in [2.75, 3.05) is 23.3 Å². The van der Waals surface area contributed by atoms with Crippen LogP contribution in [0.4, 0.5) is 15.2 Å². The van der Waals surface area contributed by atoms with Gasteiger partial charge in [-0.25, -0.2) is 4.39 Å². The van der Waals surface area contributed by atoms with Gasteiger partial charge in [-0.15, -0.1) is 10.2 Å². The average molecular weight is 385 g/mol. The van der Waals surface area contributed by atoms with Crippen LogP contribution in [0.15, 0.2) is 30.5 Å². The number of anilines is 2. The lowest BCUT2D eigenvalue weighted by atomic mass is 9.96. The third-order valence-electron chi connectivity index (χ3n) is 4.81. The maximum atomic E-state index is 13.7. The highest BCUT2D eigenvalue weighted by Crippen LogP contribution is 2.30. The molecule has 3 heterocycles. The summed E-state index contributed by atoms with van der Waals surface area (Å²) in [6.07, 6.45) is 4.25. The summed E-state index contributed by atoms with van der Waals surface area (Å²) < 4.78 is 13.7. The van der Waals surface area contributed by atoms with Crippen molar-refractivity contribution in [1.82, 2.24) is 15.2 Å². The topological polar surface area (TPSA) is 71.0 Å². The number of nitrogens with zero attached hydrogens (tertiary/aromatic N) is 4. The van der Waals surface area contributed by atoms with Gasteiger partial charge in [-0.05, 0) is 43.5 Å². The molecule has 1 aliphatic rings. The highest BCUT2D eigenvalue weighted by atomic mass is 32.1. The summed E-state index contributed by atoms with van der Waals surface area (Å²) in [7, 11) is 0. The number of aromatic nitrogens is 3. The van der Waals surface area contributed by atoms with Crippen LogP contribution >= 0.6 is 11.3 Å². The summed E-state index contributed by atoms with van der Waals surface area (Å²) in [6, 6.07) is 6.50. The lowest BCUT2D eigenvalue weighted by Crippen LogP contribution is -2.40. The van der Waals surface area contributed by atoms with Crippen molar-refractivity contribution in [2.45, 2.75) is 26.2 Å². The predicted molar refractivity (Wildman–Crippen MR) is 105 cm³/mol. The Morgan fingerprint density at radius 2 is 2.26 bits per heavy atom. The molecule has 1 unspecified atom stereocenters. The van der Waals surface area contributed by atoms with Crippen LogP contribution < -0.4 is 10.2 Å². The third-order valence-corrected chi connectivity index (χ3v) is 5.80.